The lowest BCUT2D eigenvalue weighted by Crippen LogP contribution is -2.41. The van der Waals surface area contributed by atoms with Gasteiger partial charge in [-0.1, -0.05) is 0 Å². The molecule has 1 heterocycles. The third-order valence-corrected chi connectivity index (χ3v) is 2.62. The van der Waals surface area contributed by atoms with Crippen molar-refractivity contribution in [2.24, 2.45) is 0 Å². The molecule has 1 atom stereocenters. The highest BCUT2D eigenvalue weighted by Crippen LogP contribution is 2.10. The van der Waals surface area contributed by atoms with Gasteiger partial charge in [-0.25, -0.2) is 0 Å². The summed E-state index contributed by atoms with van der Waals surface area (Å²) in [6, 6.07) is 4.38. The standard InChI is InChI=1S/C12H22N2O2/c1-10-5-6-12(16-10)8-14(3)11(7-13-2)9-15-4/h5-6,11,13H,7-9H2,1-4H3. The molecule has 92 valence electrons. The maximum atomic E-state index is 5.56. The normalized spacial score (nSPS) is 13.3. The molecule has 0 amide bonds. The largest absolute Gasteiger partial charge is 0.465 e. The topological polar surface area (TPSA) is 37.6 Å². The van der Waals surface area contributed by atoms with E-state index in [2.05, 4.69) is 17.3 Å². The SMILES string of the molecule is CNCC(COC)N(C)Cc1ccc(C)o1. The lowest BCUT2D eigenvalue weighted by molar-refractivity contribution is 0.0982. The number of nitrogens with one attached hydrogen (secondary N) is 1. The summed E-state index contributed by atoms with van der Waals surface area (Å²) in [5.74, 6) is 1.96. The van der Waals surface area contributed by atoms with Gasteiger partial charge in [0.25, 0.3) is 0 Å². The van der Waals surface area contributed by atoms with Gasteiger partial charge in [0.15, 0.2) is 0 Å². The zero-order valence-electron chi connectivity index (χ0n) is 10.6. The summed E-state index contributed by atoms with van der Waals surface area (Å²) in [5.41, 5.74) is 0. The highest BCUT2D eigenvalue weighted by atomic mass is 16.5. The van der Waals surface area contributed by atoms with Crippen molar-refractivity contribution in [1.29, 1.82) is 0 Å². The molecule has 0 aliphatic rings. The van der Waals surface area contributed by atoms with E-state index < -0.39 is 0 Å². The van der Waals surface area contributed by atoms with Crippen LogP contribution in [0.3, 0.4) is 0 Å². The zero-order valence-corrected chi connectivity index (χ0v) is 10.6. The number of hydrogen-bond donors (Lipinski definition) is 1. The molecular weight excluding hydrogens is 204 g/mol. The van der Waals surface area contributed by atoms with Crippen molar-refractivity contribution in [1.82, 2.24) is 10.2 Å². The Morgan fingerprint density at radius 1 is 1.50 bits per heavy atom. The predicted octanol–water partition coefficient (Wildman–Crippen LogP) is 1.25. The molecule has 0 bridgehead atoms. The minimum atomic E-state index is 0.361. The molecule has 0 spiro atoms. The van der Waals surface area contributed by atoms with E-state index in [1.54, 1.807) is 7.11 Å². The second kappa shape index (κ2) is 6.68. The van der Waals surface area contributed by atoms with E-state index in [9.17, 15) is 0 Å². The minimum Gasteiger partial charge on any atom is -0.465 e. The average Bonchev–Trinajstić information content (AvgIpc) is 2.63. The molecule has 0 radical (unpaired) electrons. The Hall–Kier alpha value is -0.840. The number of methoxy groups -OCH3 is 1. The number of ether oxygens (including phenoxy) is 1. The molecule has 1 aromatic heterocycles. The molecule has 0 aliphatic carbocycles. The van der Waals surface area contributed by atoms with Gasteiger partial charge in [-0.05, 0) is 33.2 Å². The van der Waals surface area contributed by atoms with Crippen LogP contribution in [-0.4, -0.2) is 45.3 Å². The molecule has 1 N–H and O–H groups in total. The fraction of sp³-hybridized carbons (Fsp3) is 0.667. The first-order chi connectivity index (χ1) is 7.67. The van der Waals surface area contributed by atoms with Crippen LogP contribution in [-0.2, 0) is 11.3 Å². The molecule has 4 nitrogen and oxygen atoms in total. The van der Waals surface area contributed by atoms with Crippen molar-refractivity contribution in [3.05, 3.63) is 23.7 Å². The minimum absolute atomic E-state index is 0.361. The van der Waals surface area contributed by atoms with Gasteiger partial charge in [0, 0.05) is 19.7 Å². The first-order valence-electron chi connectivity index (χ1n) is 5.56. The van der Waals surface area contributed by atoms with Crippen LogP contribution in [0.1, 0.15) is 11.5 Å². The highest BCUT2D eigenvalue weighted by molar-refractivity contribution is 5.05. The summed E-state index contributed by atoms with van der Waals surface area (Å²) in [6.45, 7) is 4.40. The van der Waals surface area contributed by atoms with E-state index >= 15 is 0 Å². The first-order valence-corrected chi connectivity index (χ1v) is 5.56. The number of aryl methyl sites for hydroxylation is 1. The van der Waals surface area contributed by atoms with E-state index in [-0.39, 0.29) is 0 Å². The fourth-order valence-electron chi connectivity index (χ4n) is 1.72. The van der Waals surface area contributed by atoms with Crippen LogP contribution < -0.4 is 5.32 Å². The summed E-state index contributed by atoms with van der Waals surface area (Å²) in [5, 5.41) is 3.17. The smallest absolute Gasteiger partial charge is 0.118 e. The van der Waals surface area contributed by atoms with Crippen LogP contribution in [0.2, 0.25) is 0 Å². The number of likely N-dealkylation sites (N-methyl/N-ethyl adjacent to an activating group) is 2. The maximum absolute atomic E-state index is 5.56. The van der Waals surface area contributed by atoms with Crippen molar-refractivity contribution < 1.29 is 9.15 Å². The molecular formula is C12H22N2O2. The summed E-state index contributed by atoms with van der Waals surface area (Å²) < 4.78 is 10.8. The number of nitrogens with zero attached hydrogens (tertiary/aromatic N) is 1. The van der Waals surface area contributed by atoms with Crippen LogP contribution >= 0.6 is 0 Å². The third kappa shape index (κ3) is 3.96. The molecule has 1 rings (SSSR count). The Bertz CT molecular complexity index is 293. The van der Waals surface area contributed by atoms with Crippen molar-refractivity contribution in [2.45, 2.75) is 19.5 Å². The molecule has 0 saturated carbocycles. The van der Waals surface area contributed by atoms with Crippen molar-refractivity contribution >= 4 is 0 Å². The van der Waals surface area contributed by atoms with Crippen LogP contribution in [0, 0.1) is 6.92 Å². The lowest BCUT2D eigenvalue weighted by Gasteiger charge is -2.26. The Labute approximate surface area is 97.6 Å². The molecule has 0 aliphatic heterocycles. The molecule has 0 saturated heterocycles. The molecule has 4 heteroatoms. The summed E-state index contributed by atoms with van der Waals surface area (Å²) in [4.78, 5) is 2.23. The van der Waals surface area contributed by atoms with Gasteiger partial charge in [0.2, 0.25) is 0 Å². The van der Waals surface area contributed by atoms with Gasteiger partial charge >= 0.3 is 0 Å². The lowest BCUT2D eigenvalue weighted by atomic mass is 10.2. The van der Waals surface area contributed by atoms with E-state index in [4.69, 9.17) is 9.15 Å². The van der Waals surface area contributed by atoms with Crippen LogP contribution in [0.4, 0.5) is 0 Å². The highest BCUT2D eigenvalue weighted by Gasteiger charge is 2.15. The Balaban J connectivity index is 2.50. The maximum Gasteiger partial charge on any atom is 0.118 e. The van der Waals surface area contributed by atoms with Crippen LogP contribution in [0.15, 0.2) is 16.5 Å². The van der Waals surface area contributed by atoms with E-state index in [0.717, 1.165) is 31.2 Å². The monoisotopic (exact) mass is 226 g/mol. The van der Waals surface area contributed by atoms with Gasteiger partial charge in [-0.3, -0.25) is 4.90 Å². The van der Waals surface area contributed by atoms with Gasteiger partial charge < -0.3 is 14.5 Å². The molecule has 0 aromatic carbocycles. The molecule has 0 fully saturated rings. The van der Waals surface area contributed by atoms with Gasteiger partial charge in [0.1, 0.15) is 11.5 Å². The van der Waals surface area contributed by atoms with Crippen molar-refractivity contribution in [3.63, 3.8) is 0 Å². The molecule has 1 aromatic rings. The fourth-order valence-corrected chi connectivity index (χ4v) is 1.72. The number of hydrogen-bond acceptors (Lipinski definition) is 4. The third-order valence-electron chi connectivity index (χ3n) is 2.62. The molecule has 16 heavy (non-hydrogen) atoms. The summed E-state index contributed by atoms with van der Waals surface area (Å²) >= 11 is 0. The molecule has 1 unspecified atom stereocenters. The van der Waals surface area contributed by atoms with E-state index in [1.807, 2.05) is 26.1 Å². The van der Waals surface area contributed by atoms with Gasteiger partial charge in [-0.2, -0.15) is 0 Å². The van der Waals surface area contributed by atoms with Crippen LogP contribution in [0.25, 0.3) is 0 Å². The van der Waals surface area contributed by atoms with Crippen molar-refractivity contribution in [2.75, 3.05) is 34.4 Å². The number of furan rings is 1. The van der Waals surface area contributed by atoms with Crippen LogP contribution in [0.5, 0.6) is 0 Å². The van der Waals surface area contributed by atoms with Crippen molar-refractivity contribution in [3.8, 4) is 0 Å². The second-order valence-corrected chi connectivity index (χ2v) is 4.09. The zero-order chi connectivity index (χ0) is 12.0. The Kier molecular flexibility index (Phi) is 5.52. The predicted molar refractivity (Wildman–Crippen MR) is 64.5 cm³/mol. The van der Waals surface area contributed by atoms with E-state index in [1.165, 1.54) is 0 Å². The van der Waals surface area contributed by atoms with Gasteiger partial charge in [-0.15, -0.1) is 0 Å². The first kappa shape index (κ1) is 13.2. The average molecular weight is 226 g/mol. The second-order valence-electron chi connectivity index (χ2n) is 4.09. The Morgan fingerprint density at radius 2 is 2.25 bits per heavy atom. The summed E-state index contributed by atoms with van der Waals surface area (Å²) in [7, 11) is 5.76. The Morgan fingerprint density at radius 3 is 2.75 bits per heavy atom. The van der Waals surface area contributed by atoms with Gasteiger partial charge in [0.05, 0.1) is 13.2 Å². The number of rotatable bonds is 7. The summed E-state index contributed by atoms with van der Waals surface area (Å²) in [6.07, 6.45) is 0. The van der Waals surface area contributed by atoms with E-state index in [0.29, 0.717) is 6.04 Å². The quantitative estimate of drug-likeness (QED) is 0.759.